The minimum atomic E-state index is -0.926. The van der Waals surface area contributed by atoms with Crippen LogP contribution in [0.15, 0.2) is 23.8 Å². The van der Waals surface area contributed by atoms with Crippen LogP contribution in [0.4, 0.5) is 0 Å². The molecule has 3 saturated carbocycles. The molecule has 0 radical (unpaired) electrons. The van der Waals surface area contributed by atoms with Crippen LogP contribution >= 0.6 is 23.5 Å². The second-order valence-electron chi connectivity index (χ2n) is 9.60. The van der Waals surface area contributed by atoms with Crippen LogP contribution in [0.3, 0.4) is 0 Å². The van der Waals surface area contributed by atoms with Crippen LogP contribution in [0, 0.1) is 41.4 Å². The third-order valence-corrected chi connectivity index (χ3v) is 12.3. The van der Waals surface area contributed by atoms with Gasteiger partial charge in [0, 0.05) is 16.9 Å². The molecule has 3 heteroatoms. The van der Waals surface area contributed by atoms with Gasteiger partial charge in [0.1, 0.15) is 5.60 Å². The van der Waals surface area contributed by atoms with E-state index in [1.807, 2.05) is 13.8 Å². The maximum Gasteiger partial charge on any atom is 0.131 e. The number of terminal acetylenes is 1. The largest absolute Gasteiger partial charge is 0.377 e. The highest BCUT2D eigenvalue weighted by Crippen LogP contribution is 2.68. The fraction of sp³-hybridized carbons (Fsp3) is 0.769. The van der Waals surface area contributed by atoms with Crippen molar-refractivity contribution in [3.63, 3.8) is 0 Å². The number of thioether (sulfide) groups is 2. The van der Waals surface area contributed by atoms with Crippen molar-refractivity contribution in [3.8, 4) is 12.3 Å². The molecule has 29 heavy (non-hydrogen) atoms. The summed E-state index contributed by atoms with van der Waals surface area (Å²) in [6, 6.07) is 0. The molecular weight excluding hydrogens is 392 g/mol. The first-order valence-electron chi connectivity index (χ1n) is 11.8. The second kappa shape index (κ2) is 7.99. The van der Waals surface area contributed by atoms with Gasteiger partial charge in [-0.2, -0.15) is 0 Å². The summed E-state index contributed by atoms with van der Waals surface area (Å²) in [4.78, 5) is 0. The van der Waals surface area contributed by atoms with Crippen LogP contribution in [0.5, 0.6) is 0 Å². The second-order valence-corrected chi connectivity index (χ2v) is 12.7. The fourth-order valence-corrected chi connectivity index (χ4v) is 10.9. The van der Waals surface area contributed by atoms with Gasteiger partial charge in [-0.1, -0.05) is 50.5 Å². The van der Waals surface area contributed by atoms with E-state index in [4.69, 9.17) is 6.42 Å². The highest BCUT2D eigenvalue weighted by Gasteiger charge is 2.64. The molecule has 1 nitrogen and oxygen atoms in total. The van der Waals surface area contributed by atoms with E-state index in [2.05, 4.69) is 49.0 Å². The zero-order valence-electron chi connectivity index (χ0n) is 18.5. The van der Waals surface area contributed by atoms with E-state index < -0.39 is 5.60 Å². The third kappa shape index (κ3) is 3.11. The Hall–Kier alpha value is -0.300. The van der Waals surface area contributed by atoms with Gasteiger partial charge in [0.05, 0.1) is 4.08 Å². The van der Waals surface area contributed by atoms with Crippen molar-refractivity contribution in [3.05, 3.63) is 23.8 Å². The van der Waals surface area contributed by atoms with Gasteiger partial charge in [0.2, 0.25) is 0 Å². The van der Waals surface area contributed by atoms with Crippen LogP contribution in [-0.2, 0) is 0 Å². The lowest BCUT2D eigenvalue weighted by molar-refractivity contribution is -0.0789. The molecule has 1 saturated heterocycles. The van der Waals surface area contributed by atoms with Crippen LogP contribution in [0.25, 0.3) is 0 Å². The summed E-state index contributed by atoms with van der Waals surface area (Å²) in [6.45, 7) is 10.9. The minimum Gasteiger partial charge on any atom is -0.377 e. The lowest BCUT2D eigenvalue weighted by atomic mass is 9.48. The van der Waals surface area contributed by atoms with Crippen molar-refractivity contribution >= 4 is 23.5 Å². The smallest absolute Gasteiger partial charge is 0.131 e. The van der Waals surface area contributed by atoms with Gasteiger partial charge in [-0.15, -0.1) is 29.9 Å². The zero-order chi connectivity index (χ0) is 20.9. The topological polar surface area (TPSA) is 20.2 Å². The summed E-state index contributed by atoms with van der Waals surface area (Å²) in [5, 5.41) is 11.3. The molecule has 0 amide bonds. The summed E-state index contributed by atoms with van der Waals surface area (Å²) in [6.07, 6.45) is 17.5. The molecule has 1 heterocycles. The van der Waals surface area contributed by atoms with Crippen LogP contribution in [0.1, 0.15) is 72.1 Å². The third-order valence-electron chi connectivity index (χ3n) is 8.87. The molecule has 4 fully saturated rings. The van der Waals surface area contributed by atoms with E-state index in [9.17, 15) is 5.11 Å². The SMILES string of the molecule is C#CC1(O)CCC2C3CCC4=CC5(CCC4C3C(=C)CC21CC)SCCS5.CC. The number of fused-ring (bicyclic) bond motifs is 5. The number of hydrogen-bond donors (Lipinski definition) is 1. The Labute approximate surface area is 186 Å². The van der Waals surface area contributed by atoms with E-state index in [0.29, 0.717) is 27.8 Å². The summed E-state index contributed by atoms with van der Waals surface area (Å²) in [5.74, 6) is 8.04. The van der Waals surface area contributed by atoms with Gasteiger partial charge in [0.15, 0.2) is 0 Å². The molecular formula is C26H38OS2. The molecule has 160 valence electrons. The molecule has 6 atom stereocenters. The Morgan fingerprint density at radius 1 is 1.21 bits per heavy atom. The molecule has 1 N–H and O–H groups in total. The van der Waals surface area contributed by atoms with Crippen molar-refractivity contribution in [2.24, 2.45) is 29.1 Å². The monoisotopic (exact) mass is 430 g/mol. The fourth-order valence-electron chi connectivity index (χ4n) is 7.74. The standard InChI is InChI=1S/C24H32OS2.C2H6/c1-4-22-14-16(3)21-18-8-11-24(26-12-13-27-24)15-17(18)6-7-19(21)20(22)9-10-23(22,25)5-2;1-2/h2,15,18-21,25H,3-4,6-14H2,1H3;1-2H3. The first kappa shape index (κ1) is 21.9. The molecule has 1 spiro atoms. The van der Waals surface area contributed by atoms with E-state index in [0.717, 1.165) is 25.7 Å². The predicted molar refractivity (Wildman–Crippen MR) is 129 cm³/mol. The molecule has 0 aromatic carbocycles. The Morgan fingerprint density at radius 3 is 2.59 bits per heavy atom. The highest BCUT2D eigenvalue weighted by atomic mass is 32.2. The van der Waals surface area contributed by atoms with E-state index in [1.165, 1.54) is 42.8 Å². The van der Waals surface area contributed by atoms with Crippen LogP contribution in [0.2, 0.25) is 0 Å². The maximum absolute atomic E-state index is 11.3. The Kier molecular flexibility index (Phi) is 6.04. The van der Waals surface area contributed by atoms with Gasteiger partial charge in [-0.3, -0.25) is 0 Å². The van der Waals surface area contributed by atoms with Gasteiger partial charge < -0.3 is 5.11 Å². The molecule has 5 rings (SSSR count). The summed E-state index contributed by atoms with van der Waals surface area (Å²) in [5.41, 5.74) is 2.07. The number of aliphatic hydroxyl groups is 1. The number of rotatable bonds is 1. The maximum atomic E-state index is 11.3. The van der Waals surface area contributed by atoms with Crippen molar-refractivity contribution in [1.29, 1.82) is 0 Å². The zero-order valence-corrected chi connectivity index (χ0v) is 20.1. The summed E-state index contributed by atoms with van der Waals surface area (Å²) in [7, 11) is 0. The van der Waals surface area contributed by atoms with Gasteiger partial charge in [-0.05, 0) is 75.0 Å². The van der Waals surface area contributed by atoms with Gasteiger partial charge >= 0.3 is 0 Å². The quantitative estimate of drug-likeness (QED) is 0.370. The average Bonchev–Trinajstić information content (AvgIpc) is 3.32. The molecule has 6 unspecified atom stereocenters. The lowest BCUT2D eigenvalue weighted by Crippen LogP contribution is -2.54. The molecule has 0 aromatic rings. The average molecular weight is 431 g/mol. The van der Waals surface area contributed by atoms with Gasteiger partial charge in [-0.25, -0.2) is 0 Å². The van der Waals surface area contributed by atoms with Crippen molar-refractivity contribution < 1.29 is 5.11 Å². The highest BCUT2D eigenvalue weighted by molar-refractivity contribution is 8.21. The van der Waals surface area contributed by atoms with Crippen LogP contribution in [-0.4, -0.2) is 26.3 Å². The lowest BCUT2D eigenvalue weighted by Gasteiger charge is -2.57. The first-order chi connectivity index (χ1) is 14.0. The van der Waals surface area contributed by atoms with Crippen molar-refractivity contribution in [2.75, 3.05) is 11.5 Å². The van der Waals surface area contributed by atoms with Crippen LogP contribution < -0.4 is 0 Å². The molecule has 4 aliphatic carbocycles. The Bertz CT molecular complexity index is 727. The molecule has 1 aliphatic heterocycles. The molecule has 0 bridgehead atoms. The molecule has 5 aliphatic rings. The van der Waals surface area contributed by atoms with Gasteiger partial charge in [0.25, 0.3) is 0 Å². The van der Waals surface area contributed by atoms with Crippen molar-refractivity contribution in [2.45, 2.75) is 81.8 Å². The number of hydrogen-bond acceptors (Lipinski definition) is 3. The predicted octanol–water partition coefficient (Wildman–Crippen LogP) is 6.68. The number of allylic oxidation sites excluding steroid dienone is 2. The summed E-state index contributed by atoms with van der Waals surface area (Å²) < 4.78 is 0.388. The minimum absolute atomic E-state index is 0.131. The first-order valence-corrected chi connectivity index (χ1v) is 13.8. The Morgan fingerprint density at radius 2 is 1.93 bits per heavy atom. The molecule has 0 aromatic heterocycles. The van der Waals surface area contributed by atoms with Crippen molar-refractivity contribution in [1.82, 2.24) is 0 Å². The van der Waals surface area contributed by atoms with E-state index >= 15 is 0 Å². The van der Waals surface area contributed by atoms with E-state index in [1.54, 1.807) is 5.57 Å². The Balaban J connectivity index is 0.000000994. The normalized spacial score (nSPS) is 44.7. The summed E-state index contributed by atoms with van der Waals surface area (Å²) >= 11 is 4.36. The van der Waals surface area contributed by atoms with E-state index in [-0.39, 0.29) is 5.41 Å².